The molecule has 5 nitrogen and oxygen atoms in total. The van der Waals surface area contributed by atoms with E-state index in [0.717, 1.165) is 25.7 Å². The number of anilines is 1. The fourth-order valence-electron chi connectivity index (χ4n) is 3.24. The molecule has 0 amide bonds. The van der Waals surface area contributed by atoms with Crippen LogP contribution < -0.4 is 5.73 Å². The Morgan fingerprint density at radius 1 is 1.38 bits per heavy atom. The van der Waals surface area contributed by atoms with Crippen LogP contribution in [0.2, 0.25) is 0 Å². The number of nitrogen functional groups attached to an aromatic ring is 1. The quantitative estimate of drug-likeness (QED) is 0.863. The monoisotopic (exact) mass is 306 g/mol. The first-order valence-electron chi connectivity index (χ1n) is 7.36. The summed E-state index contributed by atoms with van der Waals surface area (Å²) < 4.78 is 24.3. The van der Waals surface area contributed by atoms with E-state index in [1.54, 1.807) is 18.2 Å². The minimum atomic E-state index is -1.22. The predicted octanol–water partition coefficient (Wildman–Crippen LogP) is 2.62. The zero-order valence-corrected chi connectivity index (χ0v) is 12.5. The third-order valence-corrected chi connectivity index (χ3v) is 6.11. The molecule has 21 heavy (non-hydrogen) atoms. The lowest BCUT2D eigenvalue weighted by molar-refractivity contribution is -0.125. The third-order valence-electron chi connectivity index (χ3n) is 4.58. The molecule has 2 atom stereocenters. The summed E-state index contributed by atoms with van der Waals surface area (Å²) in [7, 11) is -1.22. The molecule has 2 unspecified atom stereocenters. The number of rotatable bonds is 2. The van der Waals surface area contributed by atoms with Crippen LogP contribution in [0.1, 0.15) is 32.1 Å². The van der Waals surface area contributed by atoms with Crippen LogP contribution in [0.15, 0.2) is 27.8 Å². The number of nitrogens with two attached hydrogens (primary N) is 1. The van der Waals surface area contributed by atoms with Crippen molar-refractivity contribution in [2.24, 2.45) is 0 Å². The maximum absolute atomic E-state index is 12.8. The van der Waals surface area contributed by atoms with E-state index in [9.17, 15) is 4.21 Å². The van der Waals surface area contributed by atoms with Gasteiger partial charge in [0.05, 0.1) is 5.60 Å². The molecule has 6 heteroatoms. The number of hydrogen-bond donors (Lipinski definition) is 1. The first-order valence-corrected chi connectivity index (χ1v) is 8.57. The minimum Gasteiger partial charge on any atom is -0.430 e. The molecule has 1 spiro atoms. The first kappa shape index (κ1) is 13.3. The van der Waals surface area contributed by atoms with Gasteiger partial charge < -0.3 is 14.9 Å². The number of ether oxygens (including phenoxy) is 1. The van der Waals surface area contributed by atoms with E-state index >= 15 is 0 Å². The molecular formula is C15H18N2O3S. The van der Waals surface area contributed by atoms with Crippen molar-refractivity contribution in [1.82, 2.24) is 4.98 Å². The zero-order chi connectivity index (χ0) is 14.4. The molecule has 1 saturated carbocycles. The third kappa shape index (κ3) is 2.26. The molecule has 2 aromatic rings. The van der Waals surface area contributed by atoms with Crippen LogP contribution >= 0.6 is 0 Å². The lowest BCUT2D eigenvalue weighted by Crippen LogP contribution is -2.48. The molecule has 1 aliphatic carbocycles. The Balaban J connectivity index is 1.60. The van der Waals surface area contributed by atoms with Gasteiger partial charge in [0.25, 0.3) is 5.22 Å². The molecule has 2 aliphatic rings. The first-order chi connectivity index (χ1) is 10.2. The van der Waals surface area contributed by atoms with Gasteiger partial charge in [-0.15, -0.1) is 0 Å². The normalized spacial score (nSPS) is 25.8. The van der Waals surface area contributed by atoms with Crippen LogP contribution in [-0.4, -0.2) is 26.7 Å². The summed E-state index contributed by atoms with van der Waals surface area (Å²) in [6, 6.07) is 5.28. The van der Waals surface area contributed by atoms with Gasteiger partial charge in [0.2, 0.25) is 0 Å². The van der Waals surface area contributed by atoms with Crippen molar-refractivity contribution in [3.8, 4) is 0 Å². The van der Waals surface area contributed by atoms with Gasteiger partial charge in [-0.1, -0.05) is 0 Å². The van der Waals surface area contributed by atoms with Gasteiger partial charge in [0.15, 0.2) is 5.58 Å². The maximum atomic E-state index is 12.8. The van der Waals surface area contributed by atoms with E-state index in [1.165, 1.54) is 6.42 Å². The Labute approximate surface area is 125 Å². The lowest BCUT2D eigenvalue weighted by atomic mass is 9.75. The molecule has 1 aliphatic heterocycles. The van der Waals surface area contributed by atoms with Crippen molar-refractivity contribution >= 4 is 27.6 Å². The standard InChI is InChI=1S/C15H18N2O3S/c16-10-2-3-13-12(8-10)17-14(20-13)21(18)11-4-7-19-15(9-11)5-1-6-15/h2-3,8,11H,1,4-7,9,16H2. The second-order valence-corrected chi connectivity index (χ2v) is 7.61. The molecule has 2 heterocycles. The van der Waals surface area contributed by atoms with Gasteiger partial charge in [0.1, 0.15) is 16.3 Å². The summed E-state index contributed by atoms with van der Waals surface area (Å²) in [4.78, 5) is 4.35. The second kappa shape index (κ2) is 4.81. The lowest BCUT2D eigenvalue weighted by Gasteiger charge is -2.46. The summed E-state index contributed by atoms with van der Waals surface area (Å²) in [5.74, 6) is 0. The summed E-state index contributed by atoms with van der Waals surface area (Å²) in [5.41, 5.74) is 7.66. The number of nitrogens with zero attached hydrogens (tertiary/aromatic N) is 1. The summed E-state index contributed by atoms with van der Waals surface area (Å²) >= 11 is 0. The van der Waals surface area contributed by atoms with Gasteiger partial charge in [-0.3, -0.25) is 0 Å². The smallest absolute Gasteiger partial charge is 0.288 e. The number of fused-ring (bicyclic) bond motifs is 1. The molecule has 4 rings (SSSR count). The van der Waals surface area contributed by atoms with E-state index in [-0.39, 0.29) is 10.9 Å². The molecular weight excluding hydrogens is 288 g/mol. The summed E-state index contributed by atoms with van der Waals surface area (Å²) in [6.45, 7) is 0.684. The average molecular weight is 306 g/mol. The number of aromatic nitrogens is 1. The van der Waals surface area contributed by atoms with E-state index in [1.807, 2.05) is 0 Å². The van der Waals surface area contributed by atoms with Gasteiger partial charge in [-0.05, 0) is 50.3 Å². The van der Waals surface area contributed by atoms with Crippen LogP contribution in [0.3, 0.4) is 0 Å². The molecule has 2 N–H and O–H groups in total. The van der Waals surface area contributed by atoms with Crippen molar-refractivity contribution in [3.05, 3.63) is 18.2 Å². The van der Waals surface area contributed by atoms with E-state index in [4.69, 9.17) is 14.9 Å². The zero-order valence-electron chi connectivity index (χ0n) is 11.7. The van der Waals surface area contributed by atoms with Crippen LogP contribution in [0.25, 0.3) is 11.1 Å². The Kier molecular flexibility index (Phi) is 3.04. The fourth-order valence-corrected chi connectivity index (χ4v) is 4.65. The van der Waals surface area contributed by atoms with Crippen molar-refractivity contribution < 1.29 is 13.4 Å². The van der Waals surface area contributed by atoms with Crippen molar-refractivity contribution in [3.63, 3.8) is 0 Å². The number of oxazole rings is 1. The van der Waals surface area contributed by atoms with Crippen LogP contribution in [0.5, 0.6) is 0 Å². The van der Waals surface area contributed by atoms with Gasteiger partial charge in [-0.2, -0.15) is 0 Å². The molecule has 0 bridgehead atoms. The van der Waals surface area contributed by atoms with Gasteiger partial charge in [-0.25, -0.2) is 9.19 Å². The largest absolute Gasteiger partial charge is 0.430 e. The average Bonchev–Trinajstić information content (AvgIpc) is 2.88. The second-order valence-electron chi connectivity index (χ2n) is 6.00. The Bertz CT molecular complexity index is 708. The number of benzene rings is 1. The molecule has 112 valence electrons. The molecule has 0 radical (unpaired) electrons. The van der Waals surface area contributed by atoms with Crippen molar-refractivity contribution in [2.45, 2.75) is 48.2 Å². The van der Waals surface area contributed by atoms with Crippen LogP contribution in [0.4, 0.5) is 5.69 Å². The van der Waals surface area contributed by atoms with Crippen molar-refractivity contribution in [2.75, 3.05) is 12.3 Å². The highest BCUT2D eigenvalue weighted by atomic mass is 32.2. The summed E-state index contributed by atoms with van der Waals surface area (Å²) in [5, 5.41) is 0.390. The van der Waals surface area contributed by atoms with E-state index in [0.29, 0.717) is 28.6 Å². The molecule has 2 fully saturated rings. The van der Waals surface area contributed by atoms with Gasteiger partial charge in [0, 0.05) is 17.5 Å². The van der Waals surface area contributed by atoms with Crippen molar-refractivity contribution in [1.29, 1.82) is 0 Å². The van der Waals surface area contributed by atoms with E-state index < -0.39 is 10.8 Å². The molecule has 1 aromatic heterocycles. The predicted molar refractivity (Wildman–Crippen MR) is 80.4 cm³/mol. The Hall–Kier alpha value is -1.40. The number of hydrogen-bond acceptors (Lipinski definition) is 5. The highest BCUT2D eigenvalue weighted by Gasteiger charge is 2.44. The topological polar surface area (TPSA) is 78.3 Å². The highest BCUT2D eigenvalue weighted by molar-refractivity contribution is 7.85. The highest BCUT2D eigenvalue weighted by Crippen LogP contribution is 2.44. The SMILES string of the molecule is Nc1ccc2oc(S(=O)C3CCOC4(CCC4)C3)nc2c1. The molecule has 1 saturated heterocycles. The van der Waals surface area contributed by atoms with Crippen LogP contribution in [-0.2, 0) is 15.5 Å². The molecule has 1 aromatic carbocycles. The summed E-state index contributed by atoms with van der Waals surface area (Å²) in [6.07, 6.45) is 5.03. The van der Waals surface area contributed by atoms with Gasteiger partial charge >= 0.3 is 0 Å². The Morgan fingerprint density at radius 3 is 3.00 bits per heavy atom. The maximum Gasteiger partial charge on any atom is 0.288 e. The van der Waals surface area contributed by atoms with Crippen LogP contribution in [0, 0.1) is 0 Å². The Morgan fingerprint density at radius 2 is 2.24 bits per heavy atom. The minimum absolute atomic E-state index is 0.0188. The van der Waals surface area contributed by atoms with E-state index in [2.05, 4.69) is 4.98 Å². The fraction of sp³-hybridized carbons (Fsp3) is 0.533.